The van der Waals surface area contributed by atoms with Gasteiger partial charge in [0.2, 0.25) is 0 Å². The fraction of sp³-hybridized carbons (Fsp3) is 0.206. The average molecular weight is 516 g/mol. The molecule has 1 atom stereocenters. The number of hydrogen-bond donors (Lipinski definition) is 0. The number of nitrogens with zero attached hydrogens (tertiary/aromatic N) is 3. The Morgan fingerprint density at radius 3 is 2.28 bits per heavy atom. The van der Waals surface area contributed by atoms with Crippen LogP contribution in [0.3, 0.4) is 0 Å². The highest BCUT2D eigenvalue weighted by Gasteiger charge is 2.29. The standard InChI is InChI=1S/C34H33N3O2/c1-4-31(36(22-21-26-12-6-5-7-13-26)33(38)27-19-17-24(2)18-20-27)32-35-30-16-9-8-15-29(30)34(39)37(32)28-14-10-11-25(3)23-28/h5-20,23,31H,4,21-22H2,1-3H3. The van der Waals surface area contributed by atoms with E-state index >= 15 is 0 Å². The maximum atomic E-state index is 14.1. The number of aromatic nitrogens is 2. The van der Waals surface area contributed by atoms with Gasteiger partial charge in [-0.3, -0.25) is 14.2 Å². The van der Waals surface area contributed by atoms with E-state index in [1.54, 1.807) is 4.57 Å². The van der Waals surface area contributed by atoms with Crippen LogP contribution in [-0.2, 0) is 6.42 Å². The molecule has 0 aliphatic heterocycles. The van der Waals surface area contributed by atoms with Crippen molar-refractivity contribution < 1.29 is 4.79 Å². The lowest BCUT2D eigenvalue weighted by molar-refractivity contribution is 0.0662. The highest BCUT2D eigenvalue weighted by Crippen LogP contribution is 2.28. The second kappa shape index (κ2) is 11.5. The molecular weight excluding hydrogens is 482 g/mol. The van der Waals surface area contributed by atoms with Crippen molar-refractivity contribution in [3.8, 4) is 5.69 Å². The largest absolute Gasteiger partial charge is 0.328 e. The van der Waals surface area contributed by atoms with E-state index in [0.717, 1.165) is 22.4 Å². The summed E-state index contributed by atoms with van der Waals surface area (Å²) in [5.74, 6) is 0.497. The van der Waals surface area contributed by atoms with Crippen LogP contribution in [0.1, 0.15) is 52.3 Å². The molecule has 0 bridgehead atoms. The van der Waals surface area contributed by atoms with Gasteiger partial charge in [-0.2, -0.15) is 0 Å². The minimum atomic E-state index is -0.416. The van der Waals surface area contributed by atoms with Gasteiger partial charge in [-0.15, -0.1) is 0 Å². The molecule has 5 heteroatoms. The Labute approximate surface area is 229 Å². The van der Waals surface area contributed by atoms with Gasteiger partial charge in [-0.05, 0) is 74.2 Å². The first-order valence-corrected chi connectivity index (χ1v) is 13.5. The predicted molar refractivity (Wildman–Crippen MR) is 157 cm³/mol. The lowest BCUT2D eigenvalue weighted by atomic mass is 10.0. The minimum absolute atomic E-state index is 0.0732. The molecule has 0 aliphatic rings. The molecule has 1 amide bonds. The molecule has 0 radical (unpaired) electrons. The van der Waals surface area contributed by atoms with Crippen LogP contribution in [0.15, 0.2) is 108 Å². The number of rotatable bonds is 8. The van der Waals surface area contributed by atoms with E-state index in [2.05, 4.69) is 12.1 Å². The van der Waals surface area contributed by atoms with Gasteiger partial charge in [0.1, 0.15) is 5.82 Å². The van der Waals surface area contributed by atoms with Gasteiger partial charge in [0.25, 0.3) is 11.5 Å². The van der Waals surface area contributed by atoms with Crippen LogP contribution in [0.5, 0.6) is 0 Å². The monoisotopic (exact) mass is 515 g/mol. The SMILES string of the molecule is CCC(c1nc2ccccc2c(=O)n1-c1cccc(C)c1)N(CCc1ccccc1)C(=O)c1ccc(C)cc1. The molecule has 0 spiro atoms. The second-order valence-corrected chi connectivity index (χ2v) is 9.99. The number of para-hydroxylation sites is 1. The Hall–Kier alpha value is -4.51. The molecule has 5 aromatic rings. The van der Waals surface area contributed by atoms with Gasteiger partial charge in [0.05, 0.1) is 22.6 Å². The number of hydrogen-bond acceptors (Lipinski definition) is 3. The molecule has 1 aromatic heterocycles. The van der Waals surface area contributed by atoms with E-state index < -0.39 is 6.04 Å². The maximum Gasteiger partial charge on any atom is 0.266 e. The molecule has 5 rings (SSSR count). The van der Waals surface area contributed by atoms with Crippen LogP contribution >= 0.6 is 0 Å². The number of benzene rings is 4. The van der Waals surface area contributed by atoms with Crippen molar-refractivity contribution in [2.24, 2.45) is 0 Å². The van der Waals surface area contributed by atoms with Gasteiger partial charge in [0, 0.05) is 12.1 Å². The molecule has 0 saturated heterocycles. The van der Waals surface area contributed by atoms with E-state index in [4.69, 9.17) is 4.98 Å². The van der Waals surface area contributed by atoms with Crippen molar-refractivity contribution in [1.29, 1.82) is 0 Å². The van der Waals surface area contributed by atoms with Crippen molar-refractivity contribution in [2.75, 3.05) is 6.54 Å². The molecule has 1 unspecified atom stereocenters. The Kier molecular flexibility index (Phi) is 7.69. The van der Waals surface area contributed by atoms with Crippen LogP contribution < -0.4 is 5.56 Å². The zero-order valence-corrected chi connectivity index (χ0v) is 22.7. The quantitative estimate of drug-likeness (QED) is 0.227. The topological polar surface area (TPSA) is 55.2 Å². The van der Waals surface area contributed by atoms with Gasteiger partial charge in [0.15, 0.2) is 0 Å². The zero-order valence-electron chi connectivity index (χ0n) is 22.7. The first kappa shape index (κ1) is 26.1. The minimum Gasteiger partial charge on any atom is -0.328 e. The molecule has 0 saturated carbocycles. The van der Waals surface area contributed by atoms with Crippen molar-refractivity contribution in [3.63, 3.8) is 0 Å². The molecule has 39 heavy (non-hydrogen) atoms. The van der Waals surface area contributed by atoms with Crippen LogP contribution in [0.2, 0.25) is 0 Å². The third kappa shape index (κ3) is 5.53. The summed E-state index contributed by atoms with van der Waals surface area (Å²) in [6.07, 6.45) is 1.29. The number of carbonyl (C=O) groups excluding carboxylic acids is 1. The van der Waals surface area contributed by atoms with Gasteiger partial charge >= 0.3 is 0 Å². The second-order valence-electron chi connectivity index (χ2n) is 9.99. The number of carbonyl (C=O) groups is 1. The predicted octanol–water partition coefficient (Wildman–Crippen LogP) is 6.84. The van der Waals surface area contributed by atoms with E-state index in [1.165, 1.54) is 0 Å². The number of aryl methyl sites for hydroxylation is 2. The molecule has 5 nitrogen and oxygen atoms in total. The molecule has 0 N–H and O–H groups in total. The lowest BCUT2D eigenvalue weighted by Crippen LogP contribution is -2.39. The fourth-order valence-corrected chi connectivity index (χ4v) is 5.09. The van der Waals surface area contributed by atoms with Crippen molar-refractivity contribution in [2.45, 2.75) is 39.7 Å². The van der Waals surface area contributed by atoms with Crippen molar-refractivity contribution in [1.82, 2.24) is 14.5 Å². The molecule has 0 aliphatic carbocycles. The normalized spacial score (nSPS) is 11.9. The highest BCUT2D eigenvalue weighted by molar-refractivity contribution is 5.94. The Balaban J connectivity index is 1.68. The van der Waals surface area contributed by atoms with Gasteiger partial charge in [-0.1, -0.05) is 79.2 Å². The van der Waals surface area contributed by atoms with Crippen LogP contribution in [0.25, 0.3) is 16.6 Å². The van der Waals surface area contributed by atoms with Crippen molar-refractivity contribution >= 4 is 16.8 Å². The van der Waals surface area contributed by atoms with Crippen LogP contribution in [0, 0.1) is 13.8 Å². The number of amides is 1. The molecule has 196 valence electrons. The van der Waals surface area contributed by atoms with Crippen molar-refractivity contribution in [3.05, 3.63) is 142 Å². The summed E-state index contributed by atoms with van der Waals surface area (Å²) in [7, 11) is 0. The van der Waals surface area contributed by atoms with Crippen LogP contribution in [0.4, 0.5) is 0 Å². The third-order valence-corrected chi connectivity index (χ3v) is 7.17. The summed E-state index contributed by atoms with van der Waals surface area (Å²) < 4.78 is 1.70. The molecule has 1 heterocycles. The van der Waals surface area contributed by atoms with E-state index in [0.29, 0.717) is 41.7 Å². The summed E-state index contributed by atoms with van der Waals surface area (Å²) in [5, 5.41) is 0.554. The van der Waals surface area contributed by atoms with E-state index in [9.17, 15) is 9.59 Å². The number of fused-ring (bicyclic) bond motifs is 1. The third-order valence-electron chi connectivity index (χ3n) is 7.17. The first-order chi connectivity index (χ1) is 19.0. The van der Waals surface area contributed by atoms with E-state index in [1.807, 2.05) is 117 Å². The van der Waals surface area contributed by atoms with E-state index in [-0.39, 0.29) is 11.5 Å². The molecular formula is C34H33N3O2. The maximum absolute atomic E-state index is 14.1. The summed E-state index contributed by atoms with van der Waals surface area (Å²) in [5.41, 5.74) is 5.16. The molecule has 4 aromatic carbocycles. The highest BCUT2D eigenvalue weighted by atomic mass is 16.2. The fourth-order valence-electron chi connectivity index (χ4n) is 5.09. The summed E-state index contributed by atoms with van der Waals surface area (Å²) in [4.78, 5) is 35.0. The Morgan fingerprint density at radius 1 is 0.846 bits per heavy atom. The summed E-state index contributed by atoms with van der Waals surface area (Å²) >= 11 is 0. The first-order valence-electron chi connectivity index (χ1n) is 13.5. The van der Waals surface area contributed by atoms with Crippen LogP contribution in [-0.4, -0.2) is 26.9 Å². The average Bonchev–Trinajstić information content (AvgIpc) is 2.96. The zero-order chi connectivity index (χ0) is 27.4. The smallest absolute Gasteiger partial charge is 0.266 e. The Bertz CT molecular complexity index is 1660. The van der Waals surface area contributed by atoms with Gasteiger partial charge in [-0.25, -0.2) is 4.98 Å². The summed E-state index contributed by atoms with van der Waals surface area (Å²) in [6.45, 7) is 6.55. The summed E-state index contributed by atoms with van der Waals surface area (Å²) in [6, 6.07) is 32.7. The lowest BCUT2D eigenvalue weighted by Gasteiger charge is -2.32. The Morgan fingerprint density at radius 2 is 1.56 bits per heavy atom. The van der Waals surface area contributed by atoms with Gasteiger partial charge < -0.3 is 4.90 Å². The molecule has 0 fully saturated rings.